The summed E-state index contributed by atoms with van der Waals surface area (Å²) in [4.78, 5) is 21.2. The van der Waals surface area contributed by atoms with E-state index >= 15 is 0 Å². The average molecular weight is 338 g/mol. The van der Waals surface area contributed by atoms with Crippen molar-refractivity contribution in [1.82, 2.24) is 15.2 Å². The van der Waals surface area contributed by atoms with E-state index in [9.17, 15) is 4.79 Å². The first-order chi connectivity index (χ1) is 12.1. The normalized spacial score (nSPS) is 17.4. The Morgan fingerprint density at radius 2 is 2.04 bits per heavy atom. The molecule has 0 saturated carbocycles. The van der Waals surface area contributed by atoms with E-state index in [0.717, 1.165) is 37.3 Å². The highest BCUT2D eigenvalue weighted by atomic mass is 16.2. The number of carbonyl (C=O) groups is 1. The summed E-state index contributed by atoms with van der Waals surface area (Å²) in [6.45, 7) is 2.35. The summed E-state index contributed by atoms with van der Waals surface area (Å²) in [6, 6.07) is 14.3. The molecular weight excluding hydrogens is 312 g/mol. The van der Waals surface area contributed by atoms with Gasteiger partial charge in [-0.25, -0.2) is 4.98 Å². The Hall–Kier alpha value is -2.40. The highest BCUT2D eigenvalue weighted by molar-refractivity contribution is 5.82. The molecule has 2 aromatic rings. The Morgan fingerprint density at radius 3 is 2.80 bits per heavy atom. The van der Waals surface area contributed by atoms with E-state index in [1.54, 1.807) is 6.20 Å². The smallest absolute Gasteiger partial charge is 0.237 e. The van der Waals surface area contributed by atoms with Gasteiger partial charge in [0.15, 0.2) is 0 Å². The third-order valence-corrected chi connectivity index (χ3v) is 4.63. The third-order valence-electron chi connectivity index (χ3n) is 4.63. The lowest BCUT2D eigenvalue weighted by Crippen LogP contribution is -2.42. The Bertz CT molecular complexity index is 702. The van der Waals surface area contributed by atoms with E-state index in [4.69, 9.17) is 0 Å². The van der Waals surface area contributed by atoms with Crippen LogP contribution in [0.1, 0.15) is 24.0 Å². The van der Waals surface area contributed by atoms with Crippen molar-refractivity contribution in [2.24, 2.45) is 0 Å². The molecular formula is C20H26N4O. The molecule has 3 rings (SSSR count). The topological polar surface area (TPSA) is 48.5 Å². The van der Waals surface area contributed by atoms with Gasteiger partial charge in [0.05, 0.1) is 6.04 Å². The van der Waals surface area contributed by atoms with Crippen LogP contribution in [0.2, 0.25) is 0 Å². The molecule has 1 aromatic carbocycles. The van der Waals surface area contributed by atoms with Gasteiger partial charge in [-0.15, -0.1) is 0 Å². The summed E-state index contributed by atoms with van der Waals surface area (Å²) < 4.78 is 0. The number of anilines is 1. The number of amides is 1. The largest absolute Gasteiger partial charge is 0.363 e. The predicted molar refractivity (Wildman–Crippen MR) is 100 cm³/mol. The van der Waals surface area contributed by atoms with E-state index in [0.29, 0.717) is 6.54 Å². The highest BCUT2D eigenvalue weighted by Gasteiger charge is 2.30. The van der Waals surface area contributed by atoms with Crippen molar-refractivity contribution in [3.05, 3.63) is 59.8 Å². The van der Waals surface area contributed by atoms with Crippen LogP contribution in [0.5, 0.6) is 0 Å². The molecule has 1 amide bonds. The number of benzene rings is 1. The highest BCUT2D eigenvalue weighted by Crippen LogP contribution is 2.20. The third kappa shape index (κ3) is 4.57. The van der Waals surface area contributed by atoms with Gasteiger partial charge in [0.2, 0.25) is 5.91 Å². The first-order valence-corrected chi connectivity index (χ1v) is 8.81. The fraction of sp³-hybridized carbons (Fsp3) is 0.400. The Balaban J connectivity index is 1.57. The Labute approximate surface area is 149 Å². The lowest BCUT2D eigenvalue weighted by atomic mass is 10.1. The maximum absolute atomic E-state index is 12.7. The summed E-state index contributed by atoms with van der Waals surface area (Å²) in [5.41, 5.74) is 2.33. The fourth-order valence-corrected chi connectivity index (χ4v) is 3.25. The van der Waals surface area contributed by atoms with Crippen molar-refractivity contribution in [2.75, 3.05) is 25.5 Å². The summed E-state index contributed by atoms with van der Waals surface area (Å²) in [7, 11) is 3.93. The zero-order valence-electron chi connectivity index (χ0n) is 15.0. The second-order valence-corrected chi connectivity index (χ2v) is 6.75. The van der Waals surface area contributed by atoms with Gasteiger partial charge in [-0.2, -0.15) is 0 Å². The molecule has 1 atom stereocenters. The van der Waals surface area contributed by atoms with E-state index in [2.05, 4.69) is 27.3 Å². The number of hydrogen-bond acceptors (Lipinski definition) is 4. The van der Waals surface area contributed by atoms with Crippen LogP contribution in [0.4, 0.5) is 5.82 Å². The molecule has 0 spiro atoms. The second kappa shape index (κ2) is 8.12. The summed E-state index contributed by atoms with van der Waals surface area (Å²) in [5, 5.41) is 3.10. The van der Waals surface area contributed by atoms with Gasteiger partial charge < -0.3 is 10.2 Å². The minimum Gasteiger partial charge on any atom is -0.363 e. The van der Waals surface area contributed by atoms with Crippen molar-refractivity contribution >= 4 is 11.7 Å². The van der Waals surface area contributed by atoms with Crippen LogP contribution in [0, 0.1) is 0 Å². The lowest BCUT2D eigenvalue weighted by molar-refractivity contribution is -0.125. The van der Waals surface area contributed by atoms with Gasteiger partial charge in [0, 0.05) is 33.4 Å². The van der Waals surface area contributed by atoms with E-state index < -0.39 is 0 Å². The standard InChI is InChI=1S/C20H26N4O/c1-23(2)19-13-17(10-11-21-19)14-22-20(25)18-9-6-12-24(18)15-16-7-4-3-5-8-16/h3-5,7-8,10-11,13,18H,6,9,12,14-15H2,1-2H3,(H,22,25)/t18-/m1/s1. The molecule has 5 heteroatoms. The van der Waals surface area contributed by atoms with E-state index in [-0.39, 0.29) is 11.9 Å². The van der Waals surface area contributed by atoms with Crippen molar-refractivity contribution in [1.29, 1.82) is 0 Å². The first kappa shape index (κ1) is 17.4. The summed E-state index contributed by atoms with van der Waals surface area (Å²) in [5.74, 6) is 1.02. The molecule has 25 heavy (non-hydrogen) atoms. The average Bonchev–Trinajstić information content (AvgIpc) is 3.09. The van der Waals surface area contributed by atoms with Crippen molar-refractivity contribution in [3.8, 4) is 0 Å². The number of likely N-dealkylation sites (tertiary alicyclic amines) is 1. The molecule has 1 fully saturated rings. The number of nitrogens with one attached hydrogen (secondary N) is 1. The molecule has 0 aliphatic carbocycles. The van der Waals surface area contributed by atoms with Crippen LogP contribution in [-0.2, 0) is 17.9 Å². The number of hydrogen-bond donors (Lipinski definition) is 1. The number of carbonyl (C=O) groups excluding carboxylic acids is 1. The minimum absolute atomic E-state index is 0.0321. The first-order valence-electron chi connectivity index (χ1n) is 8.81. The molecule has 5 nitrogen and oxygen atoms in total. The summed E-state index contributed by atoms with van der Waals surface area (Å²) >= 11 is 0. The summed E-state index contributed by atoms with van der Waals surface area (Å²) in [6.07, 6.45) is 3.79. The molecule has 1 saturated heterocycles. The number of nitrogens with zero attached hydrogens (tertiary/aromatic N) is 3. The Morgan fingerprint density at radius 1 is 1.24 bits per heavy atom. The number of aromatic nitrogens is 1. The molecule has 1 aliphatic heterocycles. The van der Waals surface area contributed by atoms with Crippen LogP contribution < -0.4 is 10.2 Å². The number of rotatable bonds is 6. The quantitative estimate of drug-likeness (QED) is 0.879. The van der Waals surface area contributed by atoms with Crippen LogP contribution >= 0.6 is 0 Å². The van der Waals surface area contributed by atoms with E-state index in [1.165, 1.54) is 5.56 Å². The van der Waals surface area contributed by atoms with Gasteiger partial charge in [-0.3, -0.25) is 9.69 Å². The zero-order valence-corrected chi connectivity index (χ0v) is 15.0. The lowest BCUT2D eigenvalue weighted by Gasteiger charge is -2.23. The molecule has 0 radical (unpaired) electrons. The van der Waals surface area contributed by atoms with Crippen LogP contribution in [-0.4, -0.2) is 42.5 Å². The van der Waals surface area contributed by atoms with Crippen molar-refractivity contribution in [3.63, 3.8) is 0 Å². The van der Waals surface area contributed by atoms with Crippen LogP contribution in [0.15, 0.2) is 48.7 Å². The van der Waals surface area contributed by atoms with Crippen LogP contribution in [0.25, 0.3) is 0 Å². The maximum atomic E-state index is 12.7. The molecule has 2 heterocycles. The van der Waals surface area contributed by atoms with E-state index in [1.807, 2.05) is 49.3 Å². The van der Waals surface area contributed by atoms with Crippen molar-refractivity contribution in [2.45, 2.75) is 32.0 Å². The van der Waals surface area contributed by atoms with Gasteiger partial charge in [0.25, 0.3) is 0 Å². The maximum Gasteiger partial charge on any atom is 0.237 e. The molecule has 0 bridgehead atoms. The number of pyridine rings is 1. The zero-order chi connectivity index (χ0) is 17.6. The van der Waals surface area contributed by atoms with Crippen molar-refractivity contribution < 1.29 is 4.79 Å². The molecule has 1 N–H and O–H groups in total. The monoisotopic (exact) mass is 338 g/mol. The second-order valence-electron chi connectivity index (χ2n) is 6.75. The predicted octanol–water partition coefficient (Wildman–Crippen LogP) is 2.43. The molecule has 132 valence electrons. The SMILES string of the molecule is CN(C)c1cc(CNC(=O)[C@H]2CCCN2Cc2ccccc2)ccn1. The van der Waals surface area contributed by atoms with Gasteiger partial charge in [-0.05, 0) is 42.6 Å². The molecule has 1 aromatic heterocycles. The van der Waals surface area contributed by atoms with Crippen LogP contribution in [0.3, 0.4) is 0 Å². The minimum atomic E-state index is -0.0321. The van der Waals surface area contributed by atoms with Gasteiger partial charge in [0.1, 0.15) is 5.82 Å². The molecule has 0 unspecified atom stereocenters. The van der Waals surface area contributed by atoms with Gasteiger partial charge in [-0.1, -0.05) is 30.3 Å². The Kier molecular flexibility index (Phi) is 5.66. The van der Waals surface area contributed by atoms with Gasteiger partial charge >= 0.3 is 0 Å². The fourth-order valence-electron chi connectivity index (χ4n) is 3.25. The molecule has 1 aliphatic rings.